The molecule has 2 heterocycles. The van der Waals surface area contributed by atoms with Gasteiger partial charge < -0.3 is 15.4 Å². The van der Waals surface area contributed by atoms with Gasteiger partial charge in [-0.2, -0.15) is 0 Å². The predicted octanol–water partition coefficient (Wildman–Crippen LogP) is 3.35. The zero-order valence-corrected chi connectivity index (χ0v) is 15.8. The third-order valence-electron chi connectivity index (χ3n) is 3.89. The number of hydrogen-bond donors (Lipinski definition) is 2. The van der Waals surface area contributed by atoms with E-state index in [1.54, 1.807) is 10.7 Å². The summed E-state index contributed by atoms with van der Waals surface area (Å²) in [5.41, 5.74) is 0.169. The number of carbonyl (C=O) groups is 1. The van der Waals surface area contributed by atoms with Gasteiger partial charge in [0.25, 0.3) is 0 Å². The van der Waals surface area contributed by atoms with Crippen molar-refractivity contribution in [3.05, 3.63) is 22.9 Å². The summed E-state index contributed by atoms with van der Waals surface area (Å²) in [6.07, 6.45) is 4.86. The lowest BCUT2D eigenvalue weighted by molar-refractivity contribution is 0.0393. The molecule has 2 N–H and O–H groups in total. The van der Waals surface area contributed by atoms with Gasteiger partial charge in [0.1, 0.15) is 5.60 Å². The Kier molecular flexibility index (Phi) is 4.19. The molecule has 7 nitrogen and oxygen atoms in total. The molecule has 0 saturated heterocycles. The van der Waals surface area contributed by atoms with E-state index in [-0.39, 0.29) is 17.7 Å². The van der Waals surface area contributed by atoms with Gasteiger partial charge >= 0.3 is 6.09 Å². The Morgan fingerprint density at radius 2 is 2.17 bits per heavy atom. The highest BCUT2D eigenvalue weighted by atomic mass is 79.9. The molecule has 8 heteroatoms. The first-order valence-corrected chi connectivity index (χ1v) is 8.70. The van der Waals surface area contributed by atoms with Crippen molar-refractivity contribution in [3.63, 3.8) is 0 Å². The molecule has 0 atom stereocenters. The second-order valence-electron chi connectivity index (χ2n) is 7.51. The van der Waals surface area contributed by atoms with Crippen LogP contribution in [0.15, 0.2) is 22.9 Å². The Morgan fingerprint density at radius 3 is 2.83 bits per heavy atom. The van der Waals surface area contributed by atoms with E-state index in [9.17, 15) is 4.79 Å². The first-order chi connectivity index (χ1) is 11.1. The molecule has 0 bridgehead atoms. The predicted molar refractivity (Wildman–Crippen MR) is 95.1 cm³/mol. The second-order valence-corrected chi connectivity index (χ2v) is 8.37. The van der Waals surface area contributed by atoms with Crippen LogP contribution in [0.1, 0.15) is 40.5 Å². The number of halogens is 1. The van der Waals surface area contributed by atoms with Crippen LogP contribution in [-0.2, 0) is 4.74 Å². The summed E-state index contributed by atoms with van der Waals surface area (Å²) in [6, 6.07) is 2.15. The fraction of sp³-hybridized carbons (Fsp3) is 0.562. The summed E-state index contributed by atoms with van der Waals surface area (Å²) in [5.74, 6) is 0.579. The van der Waals surface area contributed by atoms with Crippen molar-refractivity contribution in [2.75, 3.05) is 5.32 Å². The minimum absolute atomic E-state index is 0.224. The number of fused-ring (bicyclic) bond motifs is 1. The van der Waals surface area contributed by atoms with Crippen LogP contribution in [0.25, 0.3) is 5.52 Å². The molecule has 1 saturated carbocycles. The molecule has 0 spiro atoms. The average molecular weight is 396 g/mol. The molecular formula is C16H22BrN5O2. The molecule has 1 aliphatic carbocycles. The van der Waals surface area contributed by atoms with Crippen molar-refractivity contribution in [2.45, 2.75) is 57.7 Å². The van der Waals surface area contributed by atoms with Gasteiger partial charge in [0.15, 0.2) is 0 Å². The molecule has 1 aliphatic rings. The standard InChI is InChI=1S/C16H22BrN5O2/c1-15(2,3)24-14(23)20-16(4)7-10(8-16)19-13-18-9-12-11(17)5-6-22(12)21-13/h5-6,9-10H,7-8H2,1-4H3,(H,19,21)(H,20,23)/t10-,16-. The number of amides is 1. The number of nitrogens with one attached hydrogen (secondary N) is 2. The molecule has 1 fully saturated rings. The highest BCUT2D eigenvalue weighted by Crippen LogP contribution is 2.34. The van der Waals surface area contributed by atoms with Crippen LogP contribution in [0.5, 0.6) is 0 Å². The SMILES string of the molecule is CC(C)(C)OC(=O)N[C@]1(C)C[C@@H](Nc2ncc3c(Br)ccn3n2)C1. The van der Waals surface area contributed by atoms with E-state index >= 15 is 0 Å². The Hall–Kier alpha value is -1.83. The molecule has 24 heavy (non-hydrogen) atoms. The largest absolute Gasteiger partial charge is 0.444 e. The Bertz CT molecular complexity index is 761. The first kappa shape index (κ1) is 17.0. The summed E-state index contributed by atoms with van der Waals surface area (Å²) in [5, 5.41) is 10.7. The summed E-state index contributed by atoms with van der Waals surface area (Å²) >= 11 is 3.45. The van der Waals surface area contributed by atoms with Crippen LogP contribution in [-0.4, -0.2) is 37.9 Å². The number of carbonyl (C=O) groups excluding carboxylic acids is 1. The number of anilines is 1. The van der Waals surface area contributed by atoms with E-state index in [4.69, 9.17) is 4.74 Å². The molecule has 130 valence electrons. The lowest BCUT2D eigenvalue weighted by Gasteiger charge is -2.45. The van der Waals surface area contributed by atoms with Crippen LogP contribution in [0, 0.1) is 0 Å². The van der Waals surface area contributed by atoms with E-state index in [2.05, 4.69) is 36.6 Å². The van der Waals surface area contributed by atoms with Crippen molar-refractivity contribution in [1.82, 2.24) is 19.9 Å². The third-order valence-corrected chi connectivity index (χ3v) is 4.57. The maximum Gasteiger partial charge on any atom is 0.408 e. The number of ether oxygens (including phenoxy) is 1. The Labute approximate surface area is 149 Å². The zero-order chi connectivity index (χ0) is 17.5. The molecular weight excluding hydrogens is 374 g/mol. The molecule has 0 unspecified atom stereocenters. The van der Waals surface area contributed by atoms with Gasteiger partial charge in [-0.15, -0.1) is 5.10 Å². The van der Waals surface area contributed by atoms with Crippen molar-refractivity contribution in [2.24, 2.45) is 0 Å². The lowest BCUT2D eigenvalue weighted by Crippen LogP contribution is -2.60. The van der Waals surface area contributed by atoms with E-state index < -0.39 is 5.60 Å². The molecule has 0 aliphatic heterocycles. The molecule has 0 aromatic carbocycles. The molecule has 3 rings (SSSR count). The molecule has 1 amide bonds. The maximum atomic E-state index is 11.9. The van der Waals surface area contributed by atoms with Crippen LogP contribution in [0.3, 0.4) is 0 Å². The van der Waals surface area contributed by atoms with E-state index in [0.717, 1.165) is 22.8 Å². The number of alkyl carbamates (subject to hydrolysis) is 1. The summed E-state index contributed by atoms with van der Waals surface area (Å²) < 4.78 is 8.05. The van der Waals surface area contributed by atoms with E-state index in [0.29, 0.717) is 5.95 Å². The molecule has 2 aromatic heterocycles. The second kappa shape index (κ2) is 5.91. The number of nitrogens with zero attached hydrogens (tertiary/aromatic N) is 3. The summed E-state index contributed by atoms with van der Waals surface area (Å²) in [7, 11) is 0. The highest BCUT2D eigenvalue weighted by Gasteiger charge is 2.42. The smallest absolute Gasteiger partial charge is 0.408 e. The van der Waals surface area contributed by atoms with Crippen molar-refractivity contribution in [3.8, 4) is 0 Å². The Morgan fingerprint density at radius 1 is 1.46 bits per heavy atom. The summed E-state index contributed by atoms with van der Waals surface area (Å²) in [4.78, 5) is 16.2. The third kappa shape index (κ3) is 3.80. The maximum absolute atomic E-state index is 11.9. The van der Waals surface area contributed by atoms with Gasteiger partial charge in [0, 0.05) is 22.3 Å². The van der Waals surface area contributed by atoms with Crippen LogP contribution in [0.2, 0.25) is 0 Å². The molecule has 0 radical (unpaired) electrons. The number of aromatic nitrogens is 3. The van der Waals surface area contributed by atoms with Gasteiger partial charge in [-0.25, -0.2) is 14.3 Å². The highest BCUT2D eigenvalue weighted by molar-refractivity contribution is 9.10. The fourth-order valence-electron chi connectivity index (χ4n) is 2.90. The number of hydrogen-bond acceptors (Lipinski definition) is 5. The van der Waals surface area contributed by atoms with Gasteiger partial charge in [-0.05, 0) is 62.5 Å². The number of rotatable bonds is 3. The zero-order valence-electron chi connectivity index (χ0n) is 14.3. The monoisotopic (exact) mass is 395 g/mol. The lowest BCUT2D eigenvalue weighted by atomic mass is 9.74. The quantitative estimate of drug-likeness (QED) is 0.832. The van der Waals surface area contributed by atoms with Crippen LogP contribution < -0.4 is 10.6 Å². The minimum Gasteiger partial charge on any atom is -0.444 e. The van der Waals surface area contributed by atoms with Crippen molar-refractivity contribution < 1.29 is 9.53 Å². The summed E-state index contributed by atoms with van der Waals surface area (Å²) in [6.45, 7) is 7.58. The average Bonchev–Trinajstić information content (AvgIpc) is 2.76. The topological polar surface area (TPSA) is 80.5 Å². The first-order valence-electron chi connectivity index (χ1n) is 7.91. The minimum atomic E-state index is -0.490. The van der Waals surface area contributed by atoms with Gasteiger partial charge in [-0.3, -0.25) is 0 Å². The van der Waals surface area contributed by atoms with E-state index in [1.807, 2.05) is 40.0 Å². The van der Waals surface area contributed by atoms with Crippen LogP contribution >= 0.6 is 15.9 Å². The fourth-order valence-corrected chi connectivity index (χ4v) is 3.30. The van der Waals surface area contributed by atoms with Crippen molar-refractivity contribution >= 4 is 33.5 Å². The van der Waals surface area contributed by atoms with Gasteiger partial charge in [-0.1, -0.05) is 0 Å². The van der Waals surface area contributed by atoms with Gasteiger partial charge in [0.05, 0.1) is 11.7 Å². The van der Waals surface area contributed by atoms with Crippen LogP contribution in [0.4, 0.5) is 10.7 Å². The van der Waals surface area contributed by atoms with Crippen molar-refractivity contribution in [1.29, 1.82) is 0 Å². The molecule has 2 aromatic rings. The van der Waals surface area contributed by atoms with E-state index in [1.165, 1.54) is 0 Å². The Balaban J connectivity index is 1.54. The van der Waals surface area contributed by atoms with Gasteiger partial charge in [0.2, 0.25) is 5.95 Å². The normalized spacial score (nSPS) is 23.6.